The molecular weight excluding hydrogens is 373 g/mol. The number of benzene rings is 2. The van der Waals surface area contributed by atoms with Gasteiger partial charge < -0.3 is 20.1 Å². The molecule has 0 aromatic heterocycles. The van der Waals surface area contributed by atoms with Gasteiger partial charge in [0.2, 0.25) is 0 Å². The second-order valence-electron chi connectivity index (χ2n) is 5.10. The van der Waals surface area contributed by atoms with Crippen molar-refractivity contribution in [1.82, 2.24) is 5.32 Å². The molecule has 0 fully saturated rings. The lowest BCUT2D eigenvalue weighted by molar-refractivity contribution is -0.137. The van der Waals surface area contributed by atoms with Gasteiger partial charge in [-0.15, -0.1) is 0 Å². The Bertz CT molecular complexity index is 769. The molecule has 0 heterocycles. The van der Waals surface area contributed by atoms with Gasteiger partial charge in [0.15, 0.2) is 0 Å². The van der Waals surface area contributed by atoms with Crippen LogP contribution in [0.3, 0.4) is 0 Å². The number of hydrogen-bond acceptors (Lipinski definition) is 3. The van der Waals surface area contributed by atoms with E-state index in [-0.39, 0.29) is 18.8 Å². The van der Waals surface area contributed by atoms with Gasteiger partial charge in [-0.25, -0.2) is 4.79 Å². The molecule has 2 aromatic carbocycles. The number of urea groups is 1. The van der Waals surface area contributed by atoms with Crippen LogP contribution in [0.2, 0.25) is 5.02 Å². The molecule has 0 unspecified atom stereocenters. The maximum absolute atomic E-state index is 12.8. The third-order valence-corrected chi connectivity index (χ3v) is 3.56. The number of methoxy groups -OCH3 is 1. The zero-order valence-corrected chi connectivity index (χ0v) is 14.4. The van der Waals surface area contributed by atoms with Crippen LogP contribution in [0.15, 0.2) is 42.5 Å². The van der Waals surface area contributed by atoms with Gasteiger partial charge in [0.05, 0.1) is 24.2 Å². The molecule has 5 nitrogen and oxygen atoms in total. The summed E-state index contributed by atoms with van der Waals surface area (Å²) in [5.41, 5.74) is -1.04. The SMILES string of the molecule is COc1cccc(OCCNC(=O)Nc2ccc(Cl)c(C(F)(F)F)c2)c1. The molecule has 0 aliphatic heterocycles. The quantitative estimate of drug-likeness (QED) is 0.713. The second kappa shape index (κ2) is 8.66. The van der Waals surface area contributed by atoms with Crippen LogP contribution in [0.5, 0.6) is 11.5 Å². The van der Waals surface area contributed by atoms with E-state index in [4.69, 9.17) is 21.1 Å². The van der Waals surface area contributed by atoms with Crippen molar-refractivity contribution in [2.24, 2.45) is 0 Å². The number of nitrogens with one attached hydrogen (secondary N) is 2. The van der Waals surface area contributed by atoms with Crippen molar-refractivity contribution in [3.05, 3.63) is 53.1 Å². The molecule has 0 aliphatic rings. The highest BCUT2D eigenvalue weighted by molar-refractivity contribution is 6.31. The highest BCUT2D eigenvalue weighted by Crippen LogP contribution is 2.36. The minimum Gasteiger partial charge on any atom is -0.497 e. The number of carbonyl (C=O) groups excluding carboxylic acids is 1. The molecule has 0 atom stereocenters. The predicted octanol–water partition coefficient (Wildman–Crippen LogP) is 4.57. The van der Waals surface area contributed by atoms with Crippen LogP contribution in [0, 0.1) is 0 Å². The van der Waals surface area contributed by atoms with Crippen LogP contribution < -0.4 is 20.1 Å². The van der Waals surface area contributed by atoms with Crippen molar-refractivity contribution < 1.29 is 27.4 Å². The second-order valence-corrected chi connectivity index (χ2v) is 5.51. The molecule has 140 valence electrons. The highest BCUT2D eigenvalue weighted by Gasteiger charge is 2.33. The lowest BCUT2D eigenvalue weighted by Gasteiger charge is -2.12. The van der Waals surface area contributed by atoms with Gasteiger partial charge in [0.1, 0.15) is 18.1 Å². The van der Waals surface area contributed by atoms with Crippen molar-refractivity contribution in [1.29, 1.82) is 0 Å². The largest absolute Gasteiger partial charge is 0.497 e. The molecule has 0 aliphatic carbocycles. The number of alkyl halides is 3. The van der Waals surface area contributed by atoms with Crippen molar-refractivity contribution in [2.45, 2.75) is 6.18 Å². The lowest BCUT2D eigenvalue weighted by Crippen LogP contribution is -2.32. The van der Waals surface area contributed by atoms with E-state index in [1.807, 2.05) is 0 Å². The molecule has 0 bridgehead atoms. The van der Waals surface area contributed by atoms with E-state index in [2.05, 4.69) is 10.6 Å². The molecule has 26 heavy (non-hydrogen) atoms. The van der Waals surface area contributed by atoms with Gasteiger partial charge in [0.25, 0.3) is 0 Å². The minimum atomic E-state index is -4.60. The monoisotopic (exact) mass is 388 g/mol. The molecule has 0 saturated heterocycles. The van der Waals surface area contributed by atoms with E-state index >= 15 is 0 Å². The summed E-state index contributed by atoms with van der Waals surface area (Å²) in [5.74, 6) is 1.20. The maximum Gasteiger partial charge on any atom is 0.417 e. The van der Waals surface area contributed by atoms with Crippen LogP contribution in [0.1, 0.15) is 5.56 Å². The van der Waals surface area contributed by atoms with Crippen LogP contribution in [0.4, 0.5) is 23.7 Å². The van der Waals surface area contributed by atoms with Crippen LogP contribution in [-0.4, -0.2) is 26.3 Å². The first-order valence-corrected chi connectivity index (χ1v) is 7.86. The molecule has 2 N–H and O–H groups in total. The minimum absolute atomic E-state index is 0.0204. The van der Waals surface area contributed by atoms with E-state index in [0.29, 0.717) is 11.5 Å². The van der Waals surface area contributed by atoms with Gasteiger partial charge in [-0.1, -0.05) is 17.7 Å². The topological polar surface area (TPSA) is 59.6 Å². The fourth-order valence-corrected chi connectivity index (χ4v) is 2.24. The number of rotatable bonds is 6. The Hall–Kier alpha value is -2.61. The number of anilines is 1. The smallest absolute Gasteiger partial charge is 0.417 e. The number of halogens is 4. The summed E-state index contributed by atoms with van der Waals surface area (Å²) in [6.45, 7) is 0.331. The molecule has 0 spiro atoms. The molecule has 2 amide bonds. The summed E-state index contributed by atoms with van der Waals surface area (Å²) in [6, 6.07) is 9.41. The van der Waals surface area contributed by atoms with Crippen LogP contribution >= 0.6 is 11.6 Å². The lowest BCUT2D eigenvalue weighted by atomic mass is 10.2. The summed E-state index contributed by atoms with van der Waals surface area (Å²) < 4.78 is 48.9. The number of hydrogen-bond donors (Lipinski definition) is 2. The molecule has 2 aromatic rings. The molecule has 0 saturated carbocycles. The van der Waals surface area contributed by atoms with Gasteiger partial charge in [-0.05, 0) is 30.3 Å². The van der Waals surface area contributed by atoms with Gasteiger partial charge in [-0.3, -0.25) is 0 Å². The Morgan fingerprint density at radius 3 is 2.58 bits per heavy atom. The van der Waals surface area contributed by atoms with Crippen molar-refractivity contribution in [2.75, 3.05) is 25.6 Å². The third kappa shape index (κ3) is 5.73. The van der Waals surface area contributed by atoms with Crippen molar-refractivity contribution in [3.63, 3.8) is 0 Å². The summed E-state index contributed by atoms with van der Waals surface area (Å²) in [5, 5.41) is 4.36. The highest BCUT2D eigenvalue weighted by atomic mass is 35.5. The normalized spacial score (nSPS) is 11.0. The van der Waals surface area contributed by atoms with Crippen LogP contribution in [-0.2, 0) is 6.18 Å². The Labute approximate surface area is 153 Å². The average molecular weight is 389 g/mol. The Morgan fingerprint density at radius 2 is 1.88 bits per heavy atom. The summed E-state index contributed by atoms with van der Waals surface area (Å²) in [6.07, 6.45) is -4.60. The fraction of sp³-hybridized carbons (Fsp3) is 0.235. The fourth-order valence-electron chi connectivity index (χ4n) is 2.02. The first kappa shape index (κ1) is 19.7. The van der Waals surface area contributed by atoms with Gasteiger partial charge in [0, 0.05) is 11.8 Å². The van der Waals surface area contributed by atoms with Crippen LogP contribution in [0.25, 0.3) is 0 Å². The van der Waals surface area contributed by atoms with E-state index in [9.17, 15) is 18.0 Å². The van der Waals surface area contributed by atoms with Gasteiger partial charge >= 0.3 is 12.2 Å². The molecule has 2 rings (SSSR count). The number of carbonyl (C=O) groups is 1. The number of ether oxygens (including phenoxy) is 2. The first-order chi connectivity index (χ1) is 12.3. The van der Waals surface area contributed by atoms with E-state index in [1.165, 1.54) is 13.2 Å². The molecule has 0 radical (unpaired) electrons. The van der Waals surface area contributed by atoms with Crippen molar-refractivity contribution >= 4 is 23.3 Å². The Kier molecular flexibility index (Phi) is 6.57. The van der Waals surface area contributed by atoms with Crippen molar-refractivity contribution in [3.8, 4) is 11.5 Å². The van der Waals surface area contributed by atoms with E-state index < -0.39 is 22.8 Å². The van der Waals surface area contributed by atoms with E-state index in [0.717, 1.165) is 12.1 Å². The number of amides is 2. The van der Waals surface area contributed by atoms with E-state index in [1.54, 1.807) is 24.3 Å². The van der Waals surface area contributed by atoms with Gasteiger partial charge in [-0.2, -0.15) is 13.2 Å². The molecular formula is C17H16ClF3N2O3. The first-order valence-electron chi connectivity index (χ1n) is 7.48. The summed E-state index contributed by atoms with van der Waals surface area (Å²) in [7, 11) is 1.53. The summed E-state index contributed by atoms with van der Waals surface area (Å²) in [4.78, 5) is 11.8. The standard InChI is InChI=1S/C17H16ClF3N2O3/c1-25-12-3-2-4-13(10-12)26-8-7-22-16(24)23-11-5-6-15(18)14(9-11)17(19,20)21/h2-6,9-10H,7-8H2,1H3,(H2,22,23,24). The zero-order valence-electron chi connectivity index (χ0n) is 13.7. The Morgan fingerprint density at radius 1 is 1.15 bits per heavy atom. The average Bonchev–Trinajstić information content (AvgIpc) is 2.59. The summed E-state index contributed by atoms with van der Waals surface area (Å²) >= 11 is 5.53. The Balaban J connectivity index is 1.82. The third-order valence-electron chi connectivity index (χ3n) is 3.23. The maximum atomic E-state index is 12.8. The molecule has 9 heteroatoms. The predicted molar refractivity (Wildman–Crippen MR) is 92.0 cm³/mol. The zero-order chi connectivity index (χ0) is 19.2.